The van der Waals surface area contributed by atoms with Crippen molar-refractivity contribution in [2.24, 2.45) is 0 Å². The summed E-state index contributed by atoms with van der Waals surface area (Å²) in [5, 5.41) is 5.14. The topological polar surface area (TPSA) is 38.3 Å². The fraction of sp³-hybridized carbons (Fsp3) is 0.154. The van der Waals surface area contributed by atoms with E-state index >= 15 is 0 Å². The molecule has 0 bridgehead atoms. The maximum atomic E-state index is 12.1. The van der Waals surface area contributed by atoms with Crippen LogP contribution in [0, 0.1) is 0 Å². The van der Waals surface area contributed by atoms with Crippen molar-refractivity contribution in [3.05, 3.63) is 46.2 Å². The highest BCUT2D eigenvalue weighted by molar-refractivity contribution is 7.12. The number of rotatable bonds is 2. The van der Waals surface area contributed by atoms with Crippen LogP contribution in [-0.4, -0.2) is 18.9 Å². The Morgan fingerprint density at radius 3 is 3.12 bits per heavy atom. The van der Waals surface area contributed by atoms with Crippen LogP contribution in [0.5, 0.6) is 5.75 Å². The third-order valence-electron chi connectivity index (χ3n) is 2.66. The Morgan fingerprint density at radius 1 is 1.35 bits per heavy atom. The molecule has 0 spiro atoms. The van der Waals surface area contributed by atoms with Gasteiger partial charge in [-0.2, -0.15) is 0 Å². The number of carbonyl (C=O) groups excluding carboxylic acids is 1. The lowest BCUT2D eigenvalue weighted by atomic mass is 10.1. The molecule has 3 rings (SSSR count). The summed E-state index contributed by atoms with van der Waals surface area (Å²) >= 11 is 1.46. The highest BCUT2D eigenvalue weighted by Gasteiger charge is 2.15. The molecule has 3 nitrogen and oxygen atoms in total. The lowest BCUT2D eigenvalue weighted by Gasteiger charge is -2.19. The van der Waals surface area contributed by atoms with Crippen molar-refractivity contribution in [3.63, 3.8) is 0 Å². The molecule has 2 aromatic rings. The molecule has 4 heteroatoms. The largest absolute Gasteiger partial charge is 0.490 e. The molecule has 1 aliphatic rings. The zero-order valence-electron chi connectivity index (χ0n) is 9.10. The monoisotopic (exact) mass is 245 g/mol. The number of ketones is 1. The van der Waals surface area contributed by atoms with Gasteiger partial charge in [-0.25, -0.2) is 0 Å². The summed E-state index contributed by atoms with van der Waals surface area (Å²) in [5.74, 6) is 0.883. The minimum atomic E-state index is 0.0650. The van der Waals surface area contributed by atoms with E-state index in [9.17, 15) is 4.79 Å². The van der Waals surface area contributed by atoms with Crippen LogP contribution >= 0.6 is 11.3 Å². The number of hydrogen-bond donors (Lipinski definition) is 1. The molecule has 1 aliphatic heterocycles. The van der Waals surface area contributed by atoms with Crippen LogP contribution in [0.1, 0.15) is 15.2 Å². The number of benzene rings is 1. The number of nitrogens with one attached hydrogen (secondary N) is 1. The third kappa shape index (κ3) is 1.91. The first-order valence-electron chi connectivity index (χ1n) is 5.43. The average molecular weight is 245 g/mol. The van der Waals surface area contributed by atoms with Crippen molar-refractivity contribution in [3.8, 4) is 5.75 Å². The molecule has 0 saturated heterocycles. The highest BCUT2D eigenvalue weighted by Crippen LogP contribution is 2.29. The second-order valence-corrected chi connectivity index (χ2v) is 4.74. The quantitative estimate of drug-likeness (QED) is 0.827. The van der Waals surface area contributed by atoms with Crippen LogP contribution in [0.3, 0.4) is 0 Å². The van der Waals surface area contributed by atoms with Crippen LogP contribution in [0.25, 0.3) is 0 Å². The number of hydrogen-bond acceptors (Lipinski definition) is 4. The molecule has 2 heterocycles. The predicted molar refractivity (Wildman–Crippen MR) is 68.2 cm³/mol. The van der Waals surface area contributed by atoms with Crippen LogP contribution in [0.15, 0.2) is 35.7 Å². The van der Waals surface area contributed by atoms with Crippen molar-refractivity contribution in [2.75, 3.05) is 18.5 Å². The SMILES string of the molecule is O=C(c1ccc2c(c1)NCCO2)c1cccs1. The molecular weight excluding hydrogens is 234 g/mol. The first kappa shape index (κ1) is 10.4. The summed E-state index contributed by atoms with van der Waals surface area (Å²) in [7, 11) is 0. The Labute approximate surface area is 103 Å². The Kier molecular flexibility index (Phi) is 2.57. The van der Waals surface area contributed by atoms with E-state index in [0.717, 1.165) is 22.9 Å². The van der Waals surface area contributed by atoms with Gasteiger partial charge in [0.05, 0.1) is 10.6 Å². The molecule has 0 amide bonds. The summed E-state index contributed by atoms with van der Waals surface area (Å²) in [6, 6.07) is 9.25. The predicted octanol–water partition coefficient (Wildman–Crippen LogP) is 2.78. The van der Waals surface area contributed by atoms with E-state index < -0.39 is 0 Å². The molecule has 1 aromatic heterocycles. The number of ether oxygens (including phenoxy) is 1. The summed E-state index contributed by atoms with van der Waals surface area (Å²) in [6.45, 7) is 1.45. The first-order valence-corrected chi connectivity index (χ1v) is 6.31. The molecule has 17 heavy (non-hydrogen) atoms. The van der Waals surface area contributed by atoms with Gasteiger partial charge >= 0.3 is 0 Å². The van der Waals surface area contributed by atoms with Crippen LogP contribution in [0.2, 0.25) is 0 Å². The second-order valence-electron chi connectivity index (χ2n) is 3.79. The fourth-order valence-electron chi connectivity index (χ4n) is 1.83. The van der Waals surface area contributed by atoms with Gasteiger partial charge in [-0.05, 0) is 29.6 Å². The van der Waals surface area contributed by atoms with E-state index in [-0.39, 0.29) is 5.78 Å². The zero-order valence-corrected chi connectivity index (χ0v) is 9.92. The first-order chi connectivity index (χ1) is 8.34. The molecule has 0 radical (unpaired) electrons. The van der Waals surface area contributed by atoms with E-state index in [1.54, 1.807) is 0 Å². The molecule has 0 saturated carbocycles. The highest BCUT2D eigenvalue weighted by atomic mass is 32.1. The maximum Gasteiger partial charge on any atom is 0.203 e. The molecule has 1 aromatic carbocycles. The van der Waals surface area contributed by atoms with E-state index in [1.807, 2.05) is 35.7 Å². The standard InChI is InChI=1S/C13H11NO2S/c15-13(12-2-1-7-17-12)9-3-4-11-10(8-9)14-5-6-16-11/h1-4,7-8,14H,5-6H2. The molecule has 0 fully saturated rings. The van der Waals surface area contributed by atoms with Crippen LogP contribution in [0.4, 0.5) is 5.69 Å². The lowest BCUT2D eigenvalue weighted by Crippen LogP contribution is -2.18. The minimum Gasteiger partial charge on any atom is -0.490 e. The van der Waals surface area contributed by atoms with E-state index in [0.29, 0.717) is 12.2 Å². The van der Waals surface area contributed by atoms with Crippen molar-refractivity contribution in [1.29, 1.82) is 0 Å². The zero-order chi connectivity index (χ0) is 11.7. The van der Waals surface area contributed by atoms with Gasteiger partial charge in [0.1, 0.15) is 12.4 Å². The average Bonchev–Trinajstić information content (AvgIpc) is 2.91. The molecule has 1 N–H and O–H groups in total. The van der Waals surface area contributed by atoms with Crippen molar-refractivity contribution in [1.82, 2.24) is 0 Å². The number of fused-ring (bicyclic) bond motifs is 1. The maximum absolute atomic E-state index is 12.1. The number of thiophene rings is 1. The Balaban J connectivity index is 1.96. The summed E-state index contributed by atoms with van der Waals surface area (Å²) in [4.78, 5) is 12.9. The molecule has 0 aliphatic carbocycles. The van der Waals surface area contributed by atoms with Crippen molar-refractivity contribution >= 4 is 22.8 Å². The number of anilines is 1. The molecule has 0 atom stereocenters. The Bertz CT molecular complexity index is 549. The van der Waals surface area contributed by atoms with Gasteiger partial charge in [0.25, 0.3) is 0 Å². The van der Waals surface area contributed by atoms with Gasteiger partial charge < -0.3 is 10.1 Å². The second kappa shape index (κ2) is 4.22. The van der Waals surface area contributed by atoms with Gasteiger partial charge in [-0.15, -0.1) is 11.3 Å². The van der Waals surface area contributed by atoms with Gasteiger partial charge in [-0.1, -0.05) is 6.07 Å². The fourth-order valence-corrected chi connectivity index (χ4v) is 2.52. The van der Waals surface area contributed by atoms with E-state index in [2.05, 4.69) is 5.32 Å². The van der Waals surface area contributed by atoms with Gasteiger partial charge in [-0.3, -0.25) is 4.79 Å². The van der Waals surface area contributed by atoms with E-state index in [4.69, 9.17) is 4.74 Å². The normalized spacial score (nSPS) is 13.4. The third-order valence-corrected chi connectivity index (χ3v) is 3.53. The van der Waals surface area contributed by atoms with E-state index in [1.165, 1.54) is 11.3 Å². The lowest BCUT2D eigenvalue weighted by molar-refractivity contribution is 0.104. The van der Waals surface area contributed by atoms with Crippen molar-refractivity contribution < 1.29 is 9.53 Å². The molecule has 0 unspecified atom stereocenters. The summed E-state index contributed by atoms with van der Waals surface area (Å²) in [5.41, 5.74) is 1.60. The Morgan fingerprint density at radius 2 is 2.29 bits per heavy atom. The molecule has 86 valence electrons. The van der Waals surface area contributed by atoms with Crippen molar-refractivity contribution in [2.45, 2.75) is 0 Å². The molecular formula is C13H11NO2S. The number of carbonyl (C=O) groups is 1. The smallest absolute Gasteiger partial charge is 0.203 e. The Hall–Kier alpha value is -1.81. The minimum absolute atomic E-state index is 0.0650. The summed E-state index contributed by atoms with van der Waals surface area (Å²) in [6.07, 6.45) is 0. The summed E-state index contributed by atoms with van der Waals surface area (Å²) < 4.78 is 5.48. The van der Waals surface area contributed by atoms with Crippen LogP contribution < -0.4 is 10.1 Å². The van der Waals surface area contributed by atoms with Gasteiger partial charge in [0.15, 0.2) is 0 Å². The van der Waals surface area contributed by atoms with Gasteiger partial charge in [0, 0.05) is 12.1 Å². The van der Waals surface area contributed by atoms with Gasteiger partial charge in [0.2, 0.25) is 5.78 Å². The van der Waals surface area contributed by atoms with Crippen LogP contribution in [-0.2, 0) is 0 Å².